The van der Waals surface area contributed by atoms with E-state index in [0.29, 0.717) is 5.56 Å². The molecule has 0 unspecified atom stereocenters. The summed E-state index contributed by atoms with van der Waals surface area (Å²) in [6.07, 6.45) is -1.39. The number of nitrogens with one attached hydrogen (secondary N) is 1. The van der Waals surface area contributed by atoms with Crippen LogP contribution in [-0.4, -0.2) is 63.6 Å². The molecule has 4 aromatic rings. The van der Waals surface area contributed by atoms with Crippen LogP contribution in [0.15, 0.2) is 67.0 Å². The molecule has 0 saturated carbocycles. The fourth-order valence-corrected chi connectivity index (χ4v) is 4.85. The topological polar surface area (TPSA) is 116 Å². The predicted molar refractivity (Wildman–Crippen MR) is 152 cm³/mol. The van der Waals surface area contributed by atoms with E-state index in [2.05, 4.69) is 82.1 Å². The quantitative estimate of drug-likeness (QED) is 0.293. The van der Waals surface area contributed by atoms with Crippen LogP contribution in [0.4, 0.5) is 18.9 Å². The zero-order valence-electron chi connectivity index (χ0n) is 23.2. The number of hydrogen-bond acceptors (Lipinski definition) is 7. The number of pyridine rings is 1. The van der Waals surface area contributed by atoms with E-state index in [-0.39, 0.29) is 12.2 Å². The first kappa shape index (κ1) is 30.5. The van der Waals surface area contributed by atoms with E-state index in [0.717, 1.165) is 60.8 Å². The first-order valence-electron chi connectivity index (χ1n) is 13.4. The van der Waals surface area contributed by atoms with Crippen LogP contribution >= 0.6 is 0 Å². The van der Waals surface area contributed by atoms with Crippen molar-refractivity contribution in [2.24, 2.45) is 0 Å². The summed E-state index contributed by atoms with van der Waals surface area (Å²) < 4.78 is 39.9. The zero-order valence-corrected chi connectivity index (χ0v) is 23.2. The number of nitriles is 1. The Bertz CT molecular complexity index is 1540. The van der Waals surface area contributed by atoms with Crippen molar-refractivity contribution >= 4 is 22.7 Å². The highest BCUT2D eigenvalue weighted by Gasteiger charge is 2.38. The highest BCUT2D eigenvalue weighted by Crippen LogP contribution is 2.32. The van der Waals surface area contributed by atoms with Gasteiger partial charge in [0.15, 0.2) is 0 Å². The van der Waals surface area contributed by atoms with E-state index < -0.39 is 12.1 Å². The number of carboxylic acids is 1. The van der Waals surface area contributed by atoms with E-state index in [1.54, 1.807) is 12.4 Å². The van der Waals surface area contributed by atoms with Gasteiger partial charge < -0.3 is 24.6 Å². The standard InChI is InChI=1S/C28H30N6O.C2HF3O2/c1-20-18-33(19-21(2)35-20)25-9-6-10-26-27(25)32-28(24-13-23(14-29)16-31-17-24)34(26)12-11-30-15-22-7-4-3-5-8-22;3-2(4,5)1(6)7/h3-10,13,16-17,20-21,30H,11-12,15,18-19H2,1-2H3;(H,6,7)/t20-,21+;. The third-order valence-corrected chi connectivity index (χ3v) is 6.57. The first-order chi connectivity index (χ1) is 20.1. The van der Waals surface area contributed by atoms with Crippen LogP contribution in [0.25, 0.3) is 22.4 Å². The molecule has 9 nitrogen and oxygen atoms in total. The molecule has 3 heterocycles. The summed E-state index contributed by atoms with van der Waals surface area (Å²) in [6.45, 7) is 8.23. The summed E-state index contributed by atoms with van der Waals surface area (Å²) in [7, 11) is 0. The predicted octanol–water partition coefficient (Wildman–Crippen LogP) is 5.01. The Balaban J connectivity index is 0.000000517. The molecule has 0 amide bonds. The van der Waals surface area contributed by atoms with Gasteiger partial charge in [-0.1, -0.05) is 36.4 Å². The SMILES string of the molecule is C[C@@H]1CN(c2cccc3c2nc(-c2cncc(C#N)c2)n3CCNCc2ccccc2)C[C@H](C)O1.O=C(O)C(F)(F)F. The van der Waals surface area contributed by atoms with Crippen LogP contribution in [-0.2, 0) is 22.6 Å². The second kappa shape index (κ2) is 13.5. The lowest BCUT2D eigenvalue weighted by atomic mass is 10.1. The number of aromatic nitrogens is 3. The number of nitrogens with zero attached hydrogens (tertiary/aromatic N) is 5. The van der Waals surface area contributed by atoms with Gasteiger partial charge in [-0.15, -0.1) is 0 Å². The molecule has 2 aromatic heterocycles. The number of hydrogen-bond donors (Lipinski definition) is 2. The average molecular weight is 581 g/mol. The third kappa shape index (κ3) is 7.63. The summed E-state index contributed by atoms with van der Waals surface area (Å²) in [6, 6.07) is 20.8. The van der Waals surface area contributed by atoms with Gasteiger partial charge in [-0.05, 0) is 37.6 Å². The lowest BCUT2D eigenvalue weighted by molar-refractivity contribution is -0.192. The number of para-hydroxylation sites is 1. The molecule has 42 heavy (non-hydrogen) atoms. The molecule has 2 N–H and O–H groups in total. The fourth-order valence-electron chi connectivity index (χ4n) is 4.85. The Kier molecular flexibility index (Phi) is 9.77. The van der Waals surface area contributed by atoms with Crippen LogP contribution in [0, 0.1) is 11.3 Å². The van der Waals surface area contributed by atoms with Crippen LogP contribution < -0.4 is 10.2 Å². The molecule has 1 fully saturated rings. The van der Waals surface area contributed by atoms with Crippen LogP contribution in [0.2, 0.25) is 0 Å². The third-order valence-electron chi connectivity index (χ3n) is 6.57. The maximum Gasteiger partial charge on any atom is 0.490 e. The van der Waals surface area contributed by atoms with Gasteiger partial charge in [-0.3, -0.25) is 4.98 Å². The number of carboxylic acid groups (broad SMARTS) is 1. The minimum absolute atomic E-state index is 0.161. The molecular formula is C30H31F3N6O3. The summed E-state index contributed by atoms with van der Waals surface area (Å²) in [5, 5.41) is 20.1. The Morgan fingerprint density at radius 3 is 2.45 bits per heavy atom. The first-order valence-corrected chi connectivity index (χ1v) is 13.4. The number of halogens is 3. The molecule has 0 aliphatic carbocycles. The second-order valence-electron chi connectivity index (χ2n) is 9.93. The van der Waals surface area contributed by atoms with Crippen molar-refractivity contribution in [3.8, 4) is 17.5 Å². The lowest BCUT2D eigenvalue weighted by Gasteiger charge is -2.36. The number of benzene rings is 2. The number of anilines is 1. The molecule has 1 aliphatic heterocycles. The summed E-state index contributed by atoms with van der Waals surface area (Å²) >= 11 is 0. The Morgan fingerprint density at radius 2 is 1.81 bits per heavy atom. The lowest BCUT2D eigenvalue weighted by Crippen LogP contribution is -2.45. The largest absolute Gasteiger partial charge is 0.490 e. The minimum Gasteiger partial charge on any atom is -0.475 e. The number of carbonyl (C=O) groups is 1. The molecule has 1 aliphatic rings. The Hall–Kier alpha value is -4.47. The number of ether oxygens (including phenoxy) is 1. The second-order valence-corrected chi connectivity index (χ2v) is 9.93. The van der Waals surface area contributed by atoms with Crippen LogP contribution in [0.1, 0.15) is 25.0 Å². The Morgan fingerprint density at radius 1 is 1.12 bits per heavy atom. The average Bonchev–Trinajstić information content (AvgIpc) is 3.34. The van der Waals surface area contributed by atoms with Crippen LogP contribution in [0.3, 0.4) is 0 Å². The van der Waals surface area contributed by atoms with Crippen molar-refractivity contribution in [1.82, 2.24) is 19.9 Å². The summed E-state index contributed by atoms with van der Waals surface area (Å²) in [4.78, 5) is 20.7. The number of imidazole rings is 1. The fraction of sp³-hybridized carbons (Fsp3) is 0.333. The van der Waals surface area contributed by atoms with E-state index in [4.69, 9.17) is 19.6 Å². The summed E-state index contributed by atoms with van der Waals surface area (Å²) in [5.74, 6) is -1.93. The minimum atomic E-state index is -5.08. The molecule has 5 rings (SSSR count). The molecule has 0 spiro atoms. The van der Waals surface area contributed by atoms with Gasteiger partial charge in [0.2, 0.25) is 0 Å². The molecule has 220 valence electrons. The Labute approximate surface area is 241 Å². The van der Waals surface area contributed by atoms with Crippen LogP contribution in [0.5, 0.6) is 0 Å². The number of rotatable bonds is 7. The molecule has 2 aromatic carbocycles. The normalized spacial score (nSPS) is 16.9. The van der Waals surface area contributed by atoms with Crippen molar-refractivity contribution in [3.63, 3.8) is 0 Å². The van der Waals surface area contributed by atoms with Gasteiger partial charge in [0.1, 0.15) is 17.4 Å². The van der Waals surface area contributed by atoms with Gasteiger partial charge >= 0.3 is 12.1 Å². The van der Waals surface area contributed by atoms with Gasteiger partial charge in [-0.25, -0.2) is 9.78 Å². The van der Waals surface area contributed by atoms with E-state index in [1.807, 2.05) is 12.1 Å². The van der Waals surface area contributed by atoms with E-state index in [9.17, 15) is 18.4 Å². The molecular weight excluding hydrogens is 549 g/mol. The monoisotopic (exact) mass is 580 g/mol. The molecule has 12 heteroatoms. The number of morpholine rings is 1. The zero-order chi connectivity index (χ0) is 30.3. The molecule has 1 saturated heterocycles. The number of alkyl halides is 3. The number of fused-ring (bicyclic) bond motifs is 1. The van der Waals surface area contributed by atoms with Crippen molar-refractivity contribution in [1.29, 1.82) is 5.26 Å². The van der Waals surface area contributed by atoms with E-state index >= 15 is 0 Å². The van der Waals surface area contributed by atoms with Crippen molar-refractivity contribution in [2.45, 2.75) is 45.3 Å². The highest BCUT2D eigenvalue weighted by molar-refractivity contribution is 5.92. The molecule has 0 bridgehead atoms. The summed E-state index contributed by atoms with van der Waals surface area (Å²) in [5.41, 5.74) is 5.79. The van der Waals surface area contributed by atoms with Gasteiger partial charge in [0.05, 0.1) is 29.0 Å². The van der Waals surface area contributed by atoms with Crippen molar-refractivity contribution in [2.75, 3.05) is 24.5 Å². The molecule has 0 radical (unpaired) electrons. The number of aliphatic carboxylic acids is 1. The van der Waals surface area contributed by atoms with Gasteiger partial charge in [-0.2, -0.15) is 18.4 Å². The maximum absolute atomic E-state index is 10.6. The van der Waals surface area contributed by atoms with Crippen molar-refractivity contribution < 1.29 is 27.8 Å². The molecule has 2 atom stereocenters. The smallest absolute Gasteiger partial charge is 0.475 e. The van der Waals surface area contributed by atoms with Crippen molar-refractivity contribution in [3.05, 3.63) is 78.1 Å². The van der Waals surface area contributed by atoms with E-state index in [1.165, 1.54) is 5.56 Å². The highest BCUT2D eigenvalue weighted by atomic mass is 19.4. The van der Waals surface area contributed by atoms with Gasteiger partial charge in [0.25, 0.3) is 0 Å². The van der Waals surface area contributed by atoms with Gasteiger partial charge in [0, 0.05) is 50.7 Å². The maximum atomic E-state index is 10.6.